The molecule has 0 spiro atoms. The molecule has 25 heavy (non-hydrogen) atoms. The van der Waals surface area contributed by atoms with Crippen molar-refractivity contribution < 1.29 is 9.53 Å². The Morgan fingerprint density at radius 3 is 2.76 bits per heavy atom. The van der Waals surface area contributed by atoms with Gasteiger partial charge < -0.3 is 4.74 Å². The maximum atomic E-state index is 11.3. The number of thiophene rings is 2. The topological polar surface area (TPSA) is 63.0 Å². The summed E-state index contributed by atoms with van der Waals surface area (Å²) in [5.41, 5.74) is 2.82. The number of aromatic nitrogens is 1. The molecule has 7 heteroatoms. The molecule has 4 nitrogen and oxygen atoms in total. The largest absolute Gasteiger partial charge is 0.469 e. The van der Waals surface area contributed by atoms with Gasteiger partial charge in [0, 0.05) is 10.4 Å². The number of pyridine rings is 1. The van der Waals surface area contributed by atoms with E-state index in [1.807, 2.05) is 30.5 Å². The van der Waals surface area contributed by atoms with E-state index in [0.29, 0.717) is 15.6 Å². The Morgan fingerprint density at radius 1 is 1.40 bits per heavy atom. The second kappa shape index (κ2) is 7.36. The van der Waals surface area contributed by atoms with Crippen LogP contribution >= 0.6 is 34.3 Å². The minimum atomic E-state index is -0.135. The SMILES string of the molecule is CC(=O)COc1nc(-c2ccc(Cl)s2)cc(-c2sccc2C)c1C#N. The summed E-state index contributed by atoms with van der Waals surface area (Å²) in [4.78, 5) is 17.6. The number of aryl methyl sites for hydroxylation is 1. The second-order valence-electron chi connectivity index (χ2n) is 5.37. The van der Waals surface area contributed by atoms with Gasteiger partial charge >= 0.3 is 0 Å². The molecule has 0 radical (unpaired) electrons. The van der Waals surface area contributed by atoms with Crippen molar-refractivity contribution in [3.63, 3.8) is 0 Å². The van der Waals surface area contributed by atoms with Gasteiger partial charge in [-0.2, -0.15) is 5.26 Å². The average molecular weight is 389 g/mol. The zero-order valence-corrected chi connectivity index (χ0v) is 15.9. The van der Waals surface area contributed by atoms with E-state index in [2.05, 4.69) is 11.1 Å². The summed E-state index contributed by atoms with van der Waals surface area (Å²) in [5, 5.41) is 11.6. The summed E-state index contributed by atoms with van der Waals surface area (Å²) in [7, 11) is 0. The van der Waals surface area contributed by atoms with Crippen LogP contribution in [0, 0.1) is 18.3 Å². The van der Waals surface area contributed by atoms with Crippen LogP contribution in [0.5, 0.6) is 5.88 Å². The summed E-state index contributed by atoms with van der Waals surface area (Å²) in [5.74, 6) is 0.0339. The van der Waals surface area contributed by atoms with Crippen LogP contribution in [0.2, 0.25) is 4.34 Å². The number of halogens is 1. The van der Waals surface area contributed by atoms with E-state index in [4.69, 9.17) is 16.3 Å². The molecule has 0 amide bonds. The van der Waals surface area contributed by atoms with Gasteiger partial charge in [0.2, 0.25) is 5.88 Å². The molecule has 3 aromatic heterocycles. The van der Waals surface area contributed by atoms with E-state index in [0.717, 1.165) is 20.9 Å². The maximum absolute atomic E-state index is 11.3. The lowest BCUT2D eigenvalue weighted by Crippen LogP contribution is -2.09. The number of hydrogen-bond donors (Lipinski definition) is 0. The normalized spacial score (nSPS) is 10.5. The van der Waals surface area contributed by atoms with Gasteiger partial charge in [-0.25, -0.2) is 4.98 Å². The Balaban J connectivity index is 2.21. The number of carbonyl (C=O) groups is 1. The average Bonchev–Trinajstić information content (AvgIpc) is 3.20. The lowest BCUT2D eigenvalue weighted by Gasteiger charge is -2.11. The lowest BCUT2D eigenvalue weighted by atomic mass is 10.0. The molecule has 0 aromatic carbocycles. The summed E-state index contributed by atoms with van der Waals surface area (Å²) < 4.78 is 6.18. The molecule has 3 rings (SSSR count). The third-order valence-electron chi connectivity index (χ3n) is 3.44. The highest BCUT2D eigenvalue weighted by atomic mass is 35.5. The van der Waals surface area contributed by atoms with Crippen LogP contribution in [0.25, 0.3) is 21.0 Å². The fourth-order valence-electron chi connectivity index (χ4n) is 2.31. The van der Waals surface area contributed by atoms with Crippen molar-refractivity contribution >= 4 is 40.1 Å². The predicted octanol–water partition coefficient (Wildman–Crippen LogP) is 5.34. The zero-order valence-electron chi connectivity index (χ0n) is 13.5. The molecule has 126 valence electrons. The number of nitriles is 1. The first-order chi connectivity index (χ1) is 12.0. The molecule has 0 fully saturated rings. The van der Waals surface area contributed by atoms with Crippen LogP contribution in [0.1, 0.15) is 18.1 Å². The third kappa shape index (κ3) is 3.74. The number of rotatable bonds is 5. The molecule has 0 aliphatic heterocycles. The first-order valence-corrected chi connectivity index (χ1v) is 9.44. The number of carbonyl (C=O) groups excluding carboxylic acids is 1. The van der Waals surface area contributed by atoms with E-state index in [9.17, 15) is 10.1 Å². The van der Waals surface area contributed by atoms with Crippen LogP contribution in [0.15, 0.2) is 29.6 Å². The molecule has 0 aliphatic carbocycles. The van der Waals surface area contributed by atoms with Gasteiger partial charge in [-0.15, -0.1) is 22.7 Å². The van der Waals surface area contributed by atoms with Crippen molar-refractivity contribution in [3.8, 4) is 33.0 Å². The smallest absolute Gasteiger partial charge is 0.233 e. The van der Waals surface area contributed by atoms with Crippen molar-refractivity contribution in [3.05, 3.63) is 45.1 Å². The Kier molecular flexibility index (Phi) is 5.19. The van der Waals surface area contributed by atoms with Crippen LogP contribution in [-0.4, -0.2) is 17.4 Å². The zero-order chi connectivity index (χ0) is 18.0. The van der Waals surface area contributed by atoms with Crippen molar-refractivity contribution in [1.29, 1.82) is 5.26 Å². The lowest BCUT2D eigenvalue weighted by molar-refractivity contribution is -0.119. The highest BCUT2D eigenvalue weighted by Crippen LogP contribution is 2.39. The molecule has 0 saturated heterocycles. The Labute approximate surface area is 158 Å². The van der Waals surface area contributed by atoms with Crippen molar-refractivity contribution in [2.45, 2.75) is 13.8 Å². The van der Waals surface area contributed by atoms with Gasteiger partial charge in [0.15, 0.2) is 5.78 Å². The van der Waals surface area contributed by atoms with Crippen molar-refractivity contribution in [2.24, 2.45) is 0 Å². The first-order valence-electron chi connectivity index (χ1n) is 7.37. The molecule has 0 atom stereocenters. The summed E-state index contributed by atoms with van der Waals surface area (Å²) >= 11 is 8.99. The molecular formula is C18H13ClN2O2S2. The first kappa shape index (κ1) is 17.6. The van der Waals surface area contributed by atoms with Crippen molar-refractivity contribution in [1.82, 2.24) is 4.98 Å². The Bertz CT molecular complexity index is 985. The maximum Gasteiger partial charge on any atom is 0.233 e. The standard InChI is InChI=1S/C18H13ClN2O2S2/c1-10-5-6-24-17(10)12-7-14(15-3-4-16(19)25-15)21-18(13(12)8-20)23-9-11(2)22/h3-7H,9H2,1-2H3. The van der Waals surface area contributed by atoms with Gasteiger partial charge in [0.05, 0.1) is 14.9 Å². The van der Waals surface area contributed by atoms with Crippen LogP contribution in [0.3, 0.4) is 0 Å². The van der Waals surface area contributed by atoms with Gasteiger partial charge in [-0.05, 0) is 49.1 Å². The molecule has 0 saturated carbocycles. The Morgan fingerprint density at radius 2 is 2.20 bits per heavy atom. The summed E-state index contributed by atoms with van der Waals surface area (Å²) in [6.07, 6.45) is 0. The van der Waals surface area contributed by atoms with E-state index < -0.39 is 0 Å². The van der Waals surface area contributed by atoms with Crippen LogP contribution in [-0.2, 0) is 4.79 Å². The van der Waals surface area contributed by atoms with E-state index in [1.54, 1.807) is 17.4 Å². The molecule has 3 aromatic rings. The highest BCUT2D eigenvalue weighted by molar-refractivity contribution is 7.19. The molecule has 3 heterocycles. The molecule has 0 unspecified atom stereocenters. The second-order valence-corrected chi connectivity index (χ2v) is 8.01. The fourth-order valence-corrected chi connectivity index (χ4v) is 4.26. The minimum Gasteiger partial charge on any atom is -0.469 e. The molecule has 0 bridgehead atoms. The van der Waals surface area contributed by atoms with E-state index >= 15 is 0 Å². The number of ketones is 1. The van der Waals surface area contributed by atoms with Gasteiger partial charge in [0.1, 0.15) is 18.2 Å². The van der Waals surface area contributed by atoms with E-state index in [1.165, 1.54) is 18.3 Å². The quantitative estimate of drug-likeness (QED) is 0.591. The van der Waals surface area contributed by atoms with Crippen molar-refractivity contribution in [2.75, 3.05) is 6.61 Å². The summed E-state index contributed by atoms with van der Waals surface area (Å²) in [6.45, 7) is 3.30. The third-order valence-corrected chi connectivity index (χ3v) is 5.75. The number of ether oxygens (including phenoxy) is 1. The van der Waals surface area contributed by atoms with Crippen LogP contribution < -0.4 is 4.74 Å². The van der Waals surface area contributed by atoms with Gasteiger partial charge in [0.25, 0.3) is 0 Å². The molecule has 0 aliphatic rings. The van der Waals surface area contributed by atoms with Gasteiger partial charge in [-0.3, -0.25) is 4.79 Å². The molecule has 0 N–H and O–H groups in total. The van der Waals surface area contributed by atoms with Crippen LogP contribution in [0.4, 0.5) is 0 Å². The number of nitrogens with zero attached hydrogens (tertiary/aromatic N) is 2. The Hall–Kier alpha value is -2.20. The minimum absolute atomic E-state index is 0.126. The number of hydrogen-bond acceptors (Lipinski definition) is 6. The highest BCUT2D eigenvalue weighted by Gasteiger charge is 2.19. The van der Waals surface area contributed by atoms with E-state index in [-0.39, 0.29) is 18.3 Å². The predicted molar refractivity (Wildman–Crippen MR) is 102 cm³/mol. The summed E-state index contributed by atoms with van der Waals surface area (Å²) in [6, 6.07) is 9.72. The fraction of sp³-hybridized carbons (Fsp3) is 0.167. The monoisotopic (exact) mass is 388 g/mol. The van der Waals surface area contributed by atoms with Gasteiger partial charge in [-0.1, -0.05) is 11.6 Å². The molecular weight excluding hydrogens is 376 g/mol. The number of Topliss-reactive ketones (excluding diaryl/α,β-unsaturated/α-hetero) is 1.